The molecular weight excluding hydrogens is 242 g/mol. The maximum absolute atomic E-state index is 12.0. The summed E-state index contributed by atoms with van der Waals surface area (Å²) in [6.07, 6.45) is 9.53. The first-order chi connectivity index (χ1) is 9.02. The topological polar surface area (TPSA) is 66.4 Å². The molecule has 2 saturated carbocycles. The molecule has 2 rings (SSSR count). The van der Waals surface area contributed by atoms with E-state index in [2.05, 4.69) is 5.32 Å². The van der Waals surface area contributed by atoms with Crippen LogP contribution in [-0.2, 0) is 9.59 Å². The van der Waals surface area contributed by atoms with E-state index >= 15 is 0 Å². The molecule has 4 heteroatoms. The number of nitrogens with one attached hydrogen (secondary N) is 1. The normalized spacial score (nSPS) is 23.6. The first-order valence-corrected chi connectivity index (χ1v) is 7.57. The Kier molecular flexibility index (Phi) is 4.48. The van der Waals surface area contributed by atoms with Crippen molar-refractivity contribution in [1.29, 1.82) is 0 Å². The Bertz CT molecular complexity index is 345. The SMILES string of the molecule is CC(NC(=O)CCC1CCCCC1)(C(=O)O)C1CC1. The van der Waals surface area contributed by atoms with Gasteiger partial charge in [0.15, 0.2) is 0 Å². The van der Waals surface area contributed by atoms with E-state index in [1.54, 1.807) is 6.92 Å². The van der Waals surface area contributed by atoms with Crippen LogP contribution in [0.2, 0.25) is 0 Å². The van der Waals surface area contributed by atoms with Gasteiger partial charge in [-0.25, -0.2) is 4.79 Å². The summed E-state index contributed by atoms with van der Waals surface area (Å²) in [6.45, 7) is 1.64. The molecule has 2 fully saturated rings. The molecule has 2 aliphatic carbocycles. The van der Waals surface area contributed by atoms with Crippen LogP contribution in [0.5, 0.6) is 0 Å². The van der Waals surface area contributed by atoms with Crippen LogP contribution in [-0.4, -0.2) is 22.5 Å². The second-order valence-corrected chi connectivity index (χ2v) is 6.37. The van der Waals surface area contributed by atoms with Crippen LogP contribution in [0.25, 0.3) is 0 Å². The van der Waals surface area contributed by atoms with Gasteiger partial charge in [0.2, 0.25) is 5.91 Å². The predicted molar refractivity (Wildman–Crippen MR) is 72.7 cm³/mol. The zero-order chi connectivity index (χ0) is 13.9. The molecule has 0 saturated heterocycles. The summed E-state index contributed by atoms with van der Waals surface area (Å²) in [6, 6.07) is 0. The lowest BCUT2D eigenvalue weighted by Gasteiger charge is -2.27. The second-order valence-electron chi connectivity index (χ2n) is 6.37. The molecule has 1 atom stereocenters. The van der Waals surface area contributed by atoms with Gasteiger partial charge in [-0.2, -0.15) is 0 Å². The van der Waals surface area contributed by atoms with E-state index in [1.807, 2.05) is 0 Å². The van der Waals surface area contributed by atoms with Gasteiger partial charge in [-0.05, 0) is 38.0 Å². The van der Waals surface area contributed by atoms with E-state index in [4.69, 9.17) is 0 Å². The molecular formula is C15H25NO3. The molecule has 1 unspecified atom stereocenters. The van der Waals surface area contributed by atoms with Crippen LogP contribution in [0.1, 0.15) is 64.7 Å². The Morgan fingerprint density at radius 2 is 1.79 bits per heavy atom. The minimum absolute atomic E-state index is 0.0950. The number of carbonyl (C=O) groups excluding carboxylic acids is 1. The van der Waals surface area contributed by atoms with Crippen molar-refractivity contribution in [3.05, 3.63) is 0 Å². The summed E-state index contributed by atoms with van der Waals surface area (Å²) in [5.74, 6) is -0.219. The highest BCUT2D eigenvalue weighted by Crippen LogP contribution is 2.39. The summed E-state index contributed by atoms with van der Waals surface area (Å²) in [7, 11) is 0. The van der Waals surface area contributed by atoms with E-state index in [0.717, 1.165) is 19.3 Å². The first-order valence-electron chi connectivity index (χ1n) is 7.57. The Morgan fingerprint density at radius 1 is 1.16 bits per heavy atom. The average Bonchev–Trinajstić information content (AvgIpc) is 3.22. The van der Waals surface area contributed by atoms with Crippen molar-refractivity contribution in [2.45, 2.75) is 70.3 Å². The Labute approximate surface area is 115 Å². The van der Waals surface area contributed by atoms with Gasteiger partial charge < -0.3 is 10.4 Å². The van der Waals surface area contributed by atoms with Crippen LogP contribution in [0.3, 0.4) is 0 Å². The van der Waals surface area contributed by atoms with Gasteiger partial charge in [-0.3, -0.25) is 4.79 Å². The molecule has 108 valence electrons. The van der Waals surface area contributed by atoms with E-state index in [1.165, 1.54) is 32.1 Å². The molecule has 2 aliphatic rings. The molecule has 0 aromatic heterocycles. The number of amides is 1. The number of hydrogen-bond acceptors (Lipinski definition) is 2. The summed E-state index contributed by atoms with van der Waals surface area (Å²) in [4.78, 5) is 23.3. The first kappa shape index (κ1) is 14.4. The van der Waals surface area contributed by atoms with Crippen LogP contribution >= 0.6 is 0 Å². The minimum atomic E-state index is -1.05. The van der Waals surface area contributed by atoms with Crippen molar-refractivity contribution in [2.75, 3.05) is 0 Å². The van der Waals surface area contributed by atoms with Crippen molar-refractivity contribution in [1.82, 2.24) is 5.32 Å². The minimum Gasteiger partial charge on any atom is -0.480 e. The zero-order valence-corrected chi connectivity index (χ0v) is 11.8. The van der Waals surface area contributed by atoms with Gasteiger partial charge in [-0.15, -0.1) is 0 Å². The summed E-state index contributed by atoms with van der Waals surface area (Å²) in [5, 5.41) is 12.0. The van der Waals surface area contributed by atoms with Crippen LogP contribution in [0.15, 0.2) is 0 Å². The average molecular weight is 267 g/mol. The molecule has 2 N–H and O–H groups in total. The van der Waals surface area contributed by atoms with Crippen molar-refractivity contribution >= 4 is 11.9 Å². The Morgan fingerprint density at radius 3 is 2.32 bits per heavy atom. The van der Waals surface area contributed by atoms with Crippen molar-refractivity contribution in [3.63, 3.8) is 0 Å². The Balaban J connectivity index is 1.77. The highest BCUT2D eigenvalue weighted by atomic mass is 16.4. The Hall–Kier alpha value is -1.06. The summed E-state index contributed by atoms with van der Waals surface area (Å²) in [5.41, 5.74) is -1.05. The molecule has 0 aromatic rings. The van der Waals surface area contributed by atoms with E-state index in [0.29, 0.717) is 12.3 Å². The van der Waals surface area contributed by atoms with Crippen LogP contribution in [0, 0.1) is 11.8 Å². The number of carboxylic acid groups (broad SMARTS) is 1. The smallest absolute Gasteiger partial charge is 0.329 e. The molecule has 0 radical (unpaired) electrons. The number of carbonyl (C=O) groups is 2. The third-order valence-electron chi connectivity index (χ3n) is 4.74. The molecule has 0 aromatic carbocycles. The molecule has 1 amide bonds. The number of aliphatic carboxylic acids is 1. The fraction of sp³-hybridized carbons (Fsp3) is 0.867. The van der Waals surface area contributed by atoms with E-state index in [-0.39, 0.29) is 11.8 Å². The third-order valence-corrected chi connectivity index (χ3v) is 4.74. The quantitative estimate of drug-likeness (QED) is 0.777. The fourth-order valence-corrected chi connectivity index (χ4v) is 3.15. The summed E-state index contributed by atoms with van der Waals surface area (Å²) >= 11 is 0. The lowest BCUT2D eigenvalue weighted by molar-refractivity contribution is -0.148. The second kappa shape index (κ2) is 5.93. The standard InChI is InChI=1S/C15H25NO3/c1-15(14(18)19,12-8-9-12)16-13(17)10-7-11-5-3-2-4-6-11/h11-12H,2-10H2,1H3,(H,16,17)(H,18,19). The van der Waals surface area contributed by atoms with Gasteiger partial charge in [-0.1, -0.05) is 32.1 Å². The number of carboxylic acids is 1. The van der Waals surface area contributed by atoms with Gasteiger partial charge >= 0.3 is 5.97 Å². The largest absolute Gasteiger partial charge is 0.480 e. The maximum Gasteiger partial charge on any atom is 0.329 e. The van der Waals surface area contributed by atoms with E-state index in [9.17, 15) is 14.7 Å². The van der Waals surface area contributed by atoms with Crippen molar-refractivity contribution in [2.24, 2.45) is 11.8 Å². The van der Waals surface area contributed by atoms with Crippen LogP contribution in [0.4, 0.5) is 0 Å². The van der Waals surface area contributed by atoms with Crippen molar-refractivity contribution < 1.29 is 14.7 Å². The van der Waals surface area contributed by atoms with Crippen LogP contribution < -0.4 is 5.32 Å². The van der Waals surface area contributed by atoms with Gasteiger partial charge in [0.05, 0.1) is 0 Å². The van der Waals surface area contributed by atoms with E-state index < -0.39 is 11.5 Å². The molecule has 19 heavy (non-hydrogen) atoms. The predicted octanol–water partition coefficient (Wildman–Crippen LogP) is 2.72. The van der Waals surface area contributed by atoms with Gasteiger partial charge in [0, 0.05) is 6.42 Å². The lowest BCUT2D eigenvalue weighted by atomic mass is 9.86. The molecule has 0 bridgehead atoms. The monoisotopic (exact) mass is 267 g/mol. The van der Waals surface area contributed by atoms with Crippen molar-refractivity contribution in [3.8, 4) is 0 Å². The molecule has 0 aliphatic heterocycles. The molecule has 0 heterocycles. The van der Waals surface area contributed by atoms with Gasteiger partial charge in [0.1, 0.15) is 5.54 Å². The zero-order valence-electron chi connectivity index (χ0n) is 11.8. The third kappa shape index (κ3) is 3.71. The van der Waals surface area contributed by atoms with Gasteiger partial charge in [0.25, 0.3) is 0 Å². The molecule has 0 spiro atoms. The summed E-state index contributed by atoms with van der Waals surface area (Å²) < 4.78 is 0. The maximum atomic E-state index is 12.0. The number of rotatable bonds is 6. The lowest BCUT2D eigenvalue weighted by Crippen LogP contribution is -2.54. The highest BCUT2D eigenvalue weighted by Gasteiger charge is 2.48. The molecule has 4 nitrogen and oxygen atoms in total. The highest BCUT2D eigenvalue weighted by molar-refractivity contribution is 5.87. The fourth-order valence-electron chi connectivity index (χ4n) is 3.15. The number of hydrogen-bond donors (Lipinski definition) is 2.